The third-order valence-corrected chi connectivity index (χ3v) is 4.60. The van der Waals surface area contributed by atoms with Crippen molar-refractivity contribution in [1.82, 2.24) is 29.5 Å². The number of hydrogen-bond donors (Lipinski definition) is 1. The Bertz CT molecular complexity index is 1030. The lowest BCUT2D eigenvalue weighted by Gasteiger charge is -2.20. The van der Waals surface area contributed by atoms with Gasteiger partial charge in [0.15, 0.2) is 5.65 Å². The number of carbonyl (C=O) groups is 1. The van der Waals surface area contributed by atoms with Gasteiger partial charge in [-0.3, -0.25) is 14.2 Å². The third-order valence-electron chi connectivity index (χ3n) is 3.85. The lowest BCUT2D eigenvalue weighted by atomic mass is 10.1. The molecule has 0 radical (unpaired) electrons. The van der Waals surface area contributed by atoms with Crippen molar-refractivity contribution in [3.05, 3.63) is 27.4 Å². The number of nitrogens with one attached hydrogen (secondary N) is 1. The SMILES string of the molecule is Cc1nnc(NC(=O)CCn2c(C)nc3c(cnn3C(C)(C)C)c2=O)s1. The number of amides is 1. The molecule has 0 aliphatic heterocycles. The van der Waals surface area contributed by atoms with Crippen LogP contribution in [0.5, 0.6) is 0 Å². The van der Waals surface area contributed by atoms with Crippen LogP contribution in [0.1, 0.15) is 38.0 Å². The summed E-state index contributed by atoms with van der Waals surface area (Å²) in [6, 6.07) is 0. The standard InChI is InChI=1S/C16H21N7O2S/c1-9-18-13-11(8-17-23(13)16(3,4)5)14(25)22(9)7-6-12(24)19-15-21-20-10(2)26-15/h8H,6-7H2,1-5H3,(H,19,21,24). The minimum Gasteiger partial charge on any atom is -0.300 e. The van der Waals surface area contributed by atoms with Crippen LogP contribution < -0.4 is 10.9 Å². The van der Waals surface area contributed by atoms with E-state index in [2.05, 4.69) is 25.6 Å². The van der Waals surface area contributed by atoms with Gasteiger partial charge >= 0.3 is 0 Å². The van der Waals surface area contributed by atoms with Crippen molar-refractivity contribution in [2.24, 2.45) is 0 Å². The third kappa shape index (κ3) is 3.50. The van der Waals surface area contributed by atoms with Crippen LogP contribution in [-0.4, -0.2) is 35.4 Å². The number of aryl methyl sites for hydroxylation is 2. The molecule has 0 aromatic carbocycles. The van der Waals surface area contributed by atoms with E-state index in [0.29, 0.717) is 22.0 Å². The second-order valence-corrected chi connectivity index (χ2v) is 8.19. The highest BCUT2D eigenvalue weighted by Gasteiger charge is 2.21. The second kappa shape index (κ2) is 6.60. The Morgan fingerprint density at radius 2 is 2.00 bits per heavy atom. The molecule has 3 heterocycles. The summed E-state index contributed by atoms with van der Waals surface area (Å²) >= 11 is 1.30. The van der Waals surface area contributed by atoms with E-state index in [1.54, 1.807) is 11.6 Å². The van der Waals surface area contributed by atoms with Crippen LogP contribution in [0.15, 0.2) is 11.0 Å². The van der Waals surface area contributed by atoms with Gasteiger partial charge in [-0.15, -0.1) is 10.2 Å². The van der Waals surface area contributed by atoms with Crippen molar-refractivity contribution in [3.63, 3.8) is 0 Å². The average Bonchev–Trinajstić information content (AvgIpc) is 3.12. The molecule has 1 amide bonds. The monoisotopic (exact) mass is 375 g/mol. The Hall–Kier alpha value is -2.62. The molecule has 10 heteroatoms. The summed E-state index contributed by atoms with van der Waals surface area (Å²) in [5, 5.41) is 16.4. The molecule has 0 saturated carbocycles. The molecular formula is C16H21N7O2S. The van der Waals surface area contributed by atoms with Crippen molar-refractivity contribution >= 4 is 33.4 Å². The highest BCUT2D eigenvalue weighted by atomic mass is 32.1. The van der Waals surface area contributed by atoms with Crippen LogP contribution in [-0.2, 0) is 16.9 Å². The molecule has 9 nitrogen and oxygen atoms in total. The number of carbonyl (C=O) groups excluding carboxylic acids is 1. The first-order chi connectivity index (χ1) is 12.2. The summed E-state index contributed by atoms with van der Waals surface area (Å²) in [4.78, 5) is 29.4. The van der Waals surface area contributed by atoms with E-state index >= 15 is 0 Å². The lowest BCUT2D eigenvalue weighted by Crippen LogP contribution is -2.28. The Morgan fingerprint density at radius 3 is 2.62 bits per heavy atom. The molecule has 0 unspecified atom stereocenters. The van der Waals surface area contributed by atoms with Crippen molar-refractivity contribution in [2.45, 2.75) is 53.1 Å². The summed E-state index contributed by atoms with van der Waals surface area (Å²) in [5.41, 5.74) is 0.0899. The minimum absolute atomic E-state index is 0.139. The van der Waals surface area contributed by atoms with Crippen molar-refractivity contribution in [3.8, 4) is 0 Å². The van der Waals surface area contributed by atoms with Gasteiger partial charge in [0.2, 0.25) is 11.0 Å². The largest absolute Gasteiger partial charge is 0.300 e. The van der Waals surface area contributed by atoms with Crippen LogP contribution in [0.3, 0.4) is 0 Å². The number of anilines is 1. The first-order valence-electron chi connectivity index (χ1n) is 8.22. The van der Waals surface area contributed by atoms with Crippen molar-refractivity contribution in [1.29, 1.82) is 0 Å². The first kappa shape index (κ1) is 18.2. The van der Waals surface area contributed by atoms with Gasteiger partial charge in [-0.05, 0) is 34.6 Å². The van der Waals surface area contributed by atoms with Gasteiger partial charge in [0, 0.05) is 13.0 Å². The predicted octanol–water partition coefficient (Wildman–Crippen LogP) is 1.85. The molecular weight excluding hydrogens is 354 g/mol. The zero-order valence-corrected chi connectivity index (χ0v) is 16.2. The van der Waals surface area contributed by atoms with Gasteiger partial charge in [0.25, 0.3) is 5.56 Å². The van der Waals surface area contributed by atoms with Gasteiger partial charge in [0.05, 0.1) is 11.7 Å². The molecule has 1 N–H and O–H groups in total. The summed E-state index contributed by atoms with van der Waals surface area (Å²) < 4.78 is 3.24. The molecule has 0 spiro atoms. The smallest absolute Gasteiger partial charge is 0.264 e. The Labute approximate surface area is 154 Å². The zero-order chi connectivity index (χ0) is 19.1. The van der Waals surface area contributed by atoms with Crippen LogP contribution in [0, 0.1) is 13.8 Å². The van der Waals surface area contributed by atoms with E-state index in [-0.39, 0.29) is 30.0 Å². The summed E-state index contributed by atoms with van der Waals surface area (Å²) in [7, 11) is 0. The molecule has 0 aliphatic carbocycles. The van der Waals surface area contributed by atoms with Gasteiger partial charge in [-0.2, -0.15) is 5.10 Å². The fourth-order valence-corrected chi connectivity index (χ4v) is 3.21. The minimum atomic E-state index is -0.278. The van der Waals surface area contributed by atoms with Crippen LogP contribution in [0.2, 0.25) is 0 Å². The normalized spacial score (nSPS) is 11.9. The molecule has 3 aromatic heterocycles. The van der Waals surface area contributed by atoms with Crippen LogP contribution >= 0.6 is 11.3 Å². The molecule has 0 aliphatic rings. The zero-order valence-electron chi connectivity index (χ0n) is 15.4. The maximum absolute atomic E-state index is 12.8. The van der Waals surface area contributed by atoms with E-state index < -0.39 is 0 Å². The predicted molar refractivity (Wildman–Crippen MR) is 99.4 cm³/mol. The topological polar surface area (TPSA) is 108 Å². The molecule has 26 heavy (non-hydrogen) atoms. The number of rotatable bonds is 4. The average molecular weight is 375 g/mol. The summed E-state index contributed by atoms with van der Waals surface area (Å²) in [6.07, 6.45) is 1.68. The van der Waals surface area contributed by atoms with Crippen LogP contribution in [0.25, 0.3) is 11.0 Å². The second-order valence-electron chi connectivity index (χ2n) is 7.00. The van der Waals surface area contributed by atoms with E-state index in [1.807, 2.05) is 27.7 Å². The Morgan fingerprint density at radius 1 is 1.27 bits per heavy atom. The van der Waals surface area contributed by atoms with E-state index in [1.165, 1.54) is 22.1 Å². The first-order valence-corrected chi connectivity index (χ1v) is 9.04. The fraction of sp³-hybridized carbons (Fsp3) is 0.500. The number of nitrogens with zero attached hydrogens (tertiary/aromatic N) is 6. The van der Waals surface area contributed by atoms with E-state index in [9.17, 15) is 9.59 Å². The van der Waals surface area contributed by atoms with E-state index in [4.69, 9.17) is 0 Å². The van der Waals surface area contributed by atoms with Gasteiger partial charge in [-0.1, -0.05) is 11.3 Å². The molecule has 0 fully saturated rings. The lowest BCUT2D eigenvalue weighted by molar-refractivity contribution is -0.116. The number of hydrogen-bond acceptors (Lipinski definition) is 7. The Balaban J connectivity index is 1.82. The molecule has 138 valence electrons. The quantitative estimate of drug-likeness (QED) is 0.745. The molecule has 3 rings (SSSR count). The summed E-state index contributed by atoms with van der Waals surface area (Å²) in [5.74, 6) is 0.325. The highest BCUT2D eigenvalue weighted by Crippen LogP contribution is 2.18. The highest BCUT2D eigenvalue weighted by molar-refractivity contribution is 7.15. The molecule has 0 saturated heterocycles. The fourth-order valence-electron chi connectivity index (χ4n) is 2.60. The maximum atomic E-state index is 12.8. The Kier molecular flexibility index (Phi) is 4.61. The van der Waals surface area contributed by atoms with Crippen molar-refractivity contribution < 1.29 is 4.79 Å². The van der Waals surface area contributed by atoms with Gasteiger partial charge < -0.3 is 5.32 Å². The molecule has 0 atom stereocenters. The maximum Gasteiger partial charge on any atom is 0.264 e. The van der Waals surface area contributed by atoms with Crippen LogP contribution in [0.4, 0.5) is 5.13 Å². The van der Waals surface area contributed by atoms with Crippen molar-refractivity contribution in [2.75, 3.05) is 5.32 Å². The number of fused-ring (bicyclic) bond motifs is 1. The molecule has 3 aromatic rings. The van der Waals surface area contributed by atoms with Gasteiger partial charge in [0.1, 0.15) is 16.2 Å². The van der Waals surface area contributed by atoms with E-state index in [0.717, 1.165) is 5.01 Å². The molecule has 0 bridgehead atoms. The number of aromatic nitrogens is 6. The summed E-state index contributed by atoms with van der Waals surface area (Å²) in [6.45, 7) is 9.81. The van der Waals surface area contributed by atoms with Gasteiger partial charge in [-0.25, -0.2) is 9.67 Å².